The number of methoxy groups -OCH3 is 2. The number of nitrogens with zero attached hydrogens (tertiary/aromatic N) is 4. The van der Waals surface area contributed by atoms with Crippen molar-refractivity contribution in [3.8, 4) is 34.4 Å². The smallest absolute Gasteiger partial charge is 0.407 e. The fourth-order valence-corrected chi connectivity index (χ4v) is 8.47. The molecule has 2 aromatic carbocycles. The van der Waals surface area contributed by atoms with Crippen molar-refractivity contribution >= 4 is 24.0 Å². The van der Waals surface area contributed by atoms with Crippen LogP contribution in [-0.2, 0) is 19.1 Å². The maximum atomic E-state index is 13.9. The molecule has 2 saturated heterocycles. The van der Waals surface area contributed by atoms with Crippen LogP contribution in [0.15, 0.2) is 60.9 Å². The van der Waals surface area contributed by atoms with E-state index in [2.05, 4.69) is 39.4 Å². The summed E-state index contributed by atoms with van der Waals surface area (Å²) in [4.78, 5) is 71.8. The third-order valence-electron chi connectivity index (χ3n) is 12.2. The van der Waals surface area contributed by atoms with E-state index < -0.39 is 24.3 Å². The van der Waals surface area contributed by atoms with Gasteiger partial charge >= 0.3 is 12.2 Å². The van der Waals surface area contributed by atoms with Gasteiger partial charge in [-0.3, -0.25) is 9.59 Å². The van der Waals surface area contributed by atoms with Gasteiger partial charge in [-0.2, -0.15) is 0 Å². The van der Waals surface area contributed by atoms with Gasteiger partial charge in [0.05, 0.1) is 50.1 Å². The molecule has 4 aromatic rings. The molecule has 1 aliphatic carbocycles. The highest BCUT2D eigenvalue weighted by Gasteiger charge is 2.56. The highest BCUT2D eigenvalue weighted by Crippen LogP contribution is 2.53. The first-order valence-corrected chi connectivity index (χ1v) is 20.4. The third-order valence-corrected chi connectivity index (χ3v) is 12.2. The number of piperidine rings is 1. The molecule has 4 heterocycles. The highest BCUT2D eigenvalue weighted by atomic mass is 16.5. The Bertz CT molecular complexity index is 2240. The summed E-state index contributed by atoms with van der Waals surface area (Å²) < 4.78 is 9.58. The van der Waals surface area contributed by atoms with E-state index in [-0.39, 0.29) is 53.7 Å². The molecule has 0 unspecified atom stereocenters. The molecular weight excluding hydrogens is 749 g/mol. The summed E-state index contributed by atoms with van der Waals surface area (Å²) in [6.45, 7) is 11.8. The van der Waals surface area contributed by atoms with Gasteiger partial charge in [0.1, 0.15) is 23.7 Å². The first kappa shape index (κ1) is 41.1. The fraction of sp³-hybridized carbons (Fsp3) is 0.467. The van der Waals surface area contributed by atoms with E-state index in [0.717, 1.165) is 58.7 Å². The second-order valence-corrected chi connectivity index (χ2v) is 16.8. The summed E-state index contributed by atoms with van der Waals surface area (Å²) in [6, 6.07) is 14.2. The van der Waals surface area contributed by atoms with E-state index in [4.69, 9.17) is 19.4 Å². The molecule has 0 radical (unpaired) electrons. The second kappa shape index (κ2) is 17.0. The largest absolute Gasteiger partial charge is 0.453 e. The summed E-state index contributed by atoms with van der Waals surface area (Å²) in [5.74, 6) is 8.17. The van der Waals surface area contributed by atoms with Crippen molar-refractivity contribution in [1.82, 2.24) is 40.4 Å². The molecular formula is C45H54N8O6. The number of hydrogen-bond acceptors (Lipinski definition) is 8. The number of likely N-dealkylation sites (tertiary alicyclic amines) is 2. The van der Waals surface area contributed by atoms with E-state index in [1.807, 2.05) is 92.9 Å². The average molecular weight is 803 g/mol. The number of nitrogens with one attached hydrogen (secondary N) is 4. The number of carbonyl (C=O) groups is 4. The van der Waals surface area contributed by atoms with Crippen LogP contribution >= 0.6 is 0 Å². The number of fused-ring (bicyclic) bond motifs is 1. The van der Waals surface area contributed by atoms with Crippen LogP contribution in [0.1, 0.15) is 95.7 Å². The highest BCUT2D eigenvalue weighted by molar-refractivity contribution is 5.88. The molecule has 4 amide bonds. The molecule has 7 rings (SSSR count). The molecule has 310 valence electrons. The number of aromatic amines is 2. The number of benzene rings is 2. The molecule has 0 spiro atoms. The predicted octanol–water partition coefficient (Wildman–Crippen LogP) is 6.59. The summed E-state index contributed by atoms with van der Waals surface area (Å²) in [5, 5.41) is 5.45. The number of alkyl carbamates (subject to hydrolysis) is 2. The van der Waals surface area contributed by atoms with Crippen LogP contribution in [0.4, 0.5) is 9.59 Å². The van der Waals surface area contributed by atoms with E-state index in [1.165, 1.54) is 14.2 Å². The summed E-state index contributed by atoms with van der Waals surface area (Å²) in [5.41, 5.74) is 5.31. The normalized spacial score (nSPS) is 22.9. The second-order valence-electron chi connectivity index (χ2n) is 16.8. The quantitative estimate of drug-likeness (QED) is 0.130. The molecule has 14 nitrogen and oxygen atoms in total. The Morgan fingerprint density at radius 1 is 0.678 bits per heavy atom. The van der Waals surface area contributed by atoms with Gasteiger partial charge < -0.3 is 39.9 Å². The molecule has 8 atom stereocenters. The van der Waals surface area contributed by atoms with Crippen molar-refractivity contribution in [2.75, 3.05) is 14.2 Å². The number of H-pyrrole nitrogens is 2. The third kappa shape index (κ3) is 8.56. The SMILES string of the molecule is COC(=O)N[C@H](C(=O)N1[C@H](c2ncc(-c3ccc(C#Cc4ccc(-c5cnc([C@@H]6C[C@@H]7C[C@@H]7N6C(=O)[C@@H](NC(=O)OC)C(C)C)[nH]5)cc4)cc3)[nH]2)C[C@H](C)[C@@H]1C)C(C)C. The van der Waals surface area contributed by atoms with Crippen molar-refractivity contribution < 1.29 is 28.7 Å². The minimum absolute atomic E-state index is 0.0333. The van der Waals surface area contributed by atoms with E-state index in [9.17, 15) is 19.2 Å². The molecule has 2 aromatic heterocycles. The van der Waals surface area contributed by atoms with Crippen LogP contribution in [0, 0.1) is 35.5 Å². The van der Waals surface area contributed by atoms with Crippen molar-refractivity contribution in [1.29, 1.82) is 0 Å². The minimum Gasteiger partial charge on any atom is -0.453 e. The van der Waals surface area contributed by atoms with Crippen LogP contribution in [0.25, 0.3) is 22.5 Å². The van der Waals surface area contributed by atoms with Gasteiger partial charge in [0.15, 0.2) is 0 Å². The lowest BCUT2D eigenvalue weighted by atomic mass is 10.0. The van der Waals surface area contributed by atoms with Gasteiger partial charge in [-0.05, 0) is 85.3 Å². The molecule has 59 heavy (non-hydrogen) atoms. The standard InChI is InChI=1S/C45H54N8O6/c1-24(2)38(50-44(56)58-7)42(54)52-27(6)26(5)19-36(52)40-46-22-33(48-40)30-15-11-28(12-16-30)9-10-29-13-17-31(18-14-29)34-23-47-41(49-34)37-21-32-20-35(32)53(37)43(55)39(25(3)4)51-45(57)59-8/h11-18,22-27,32,35-39H,19-21H2,1-8H3,(H,46,48)(H,47,49)(H,50,56)(H,51,57)/t26-,27-,32-,35-,36-,37-,38-,39-/m0/s1. The molecule has 3 aliphatic rings. The molecule has 2 aliphatic heterocycles. The fourth-order valence-electron chi connectivity index (χ4n) is 8.47. The lowest BCUT2D eigenvalue weighted by Crippen LogP contribution is -2.53. The van der Waals surface area contributed by atoms with E-state index >= 15 is 0 Å². The van der Waals surface area contributed by atoms with Crippen molar-refractivity contribution in [3.63, 3.8) is 0 Å². The Hall–Kier alpha value is -6.10. The molecule has 4 N–H and O–H groups in total. The van der Waals surface area contributed by atoms with Crippen molar-refractivity contribution in [2.24, 2.45) is 23.7 Å². The molecule has 0 bridgehead atoms. The summed E-state index contributed by atoms with van der Waals surface area (Å²) in [6.07, 6.45) is 4.91. The first-order valence-electron chi connectivity index (χ1n) is 20.4. The van der Waals surface area contributed by atoms with E-state index in [0.29, 0.717) is 11.7 Å². The Balaban J connectivity index is 0.995. The number of imidazole rings is 2. The lowest BCUT2D eigenvalue weighted by molar-refractivity contribution is -0.138. The van der Waals surface area contributed by atoms with Crippen LogP contribution in [0.5, 0.6) is 0 Å². The summed E-state index contributed by atoms with van der Waals surface area (Å²) in [7, 11) is 2.59. The van der Waals surface area contributed by atoms with Crippen molar-refractivity contribution in [3.05, 3.63) is 83.7 Å². The zero-order valence-corrected chi connectivity index (χ0v) is 34.9. The molecule has 1 saturated carbocycles. The van der Waals surface area contributed by atoms with Crippen LogP contribution < -0.4 is 10.6 Å². The van der Waals surface area contributed by atoms with Gasteiger partial charge in [0.25, 0.3) is 0 Å². The van der Waals surface area contributed by atoms with Crippen LogP contribution in [0.2, 0.25) is 0 Å². The number of ether oxygens (including phenoxy) is 2. The van der Waals surface area contributed by atoms with Gasteiger partial charge in [0.2, 0.25) is 11.8 Å². The monoisotopic (exact) mass is 802 g/mol. The Kier molecular flexibility index (Phi) is 11.8. The average Bonchev–Trinajstić information content (AvgIpc) is 3.66. The number of aromatic nitrogens is 4. The lowest BCUT2D eigenvalue weighted by Gasteiger charge is -2.33. The Morgan fingerprint density at radius 3 is 1.56 bits per heavy atom. The first-order chi connectivity index (χ1) is 28.3. The zero-order valence-electron chi connectivity index (χ0n) is 34.9. The van der Waals surface area contributed by atoms with Gasteiger partial charge in [-0.1, -0.05) is 70.7 Å². The van der Waals surface area contributed by atoms with Gasteiger partial charge in [-0.15, -0.1) is 0 Å². The van der Waals surface area contributed by atoms with Gasteiger partial charge in [0, 0.05) is 23.2 Å². The topological polar surface area (TPSA) is 175 Å². The number of amides is 4. The van der Waals surface area contributed by atoms with E-state index in [1.54, 1.807) is 12.4 Å². The van der Waals surface area contributed by atoms with Crippen LogP contribution in [-0.4, -0.2) is 92.1 Å². The van der Waals surface area contributed by atoms with Crippen molar-refractivity contribution in [2.45, 2.75) is 97.1 Å². The van der Waals surface area contributed by atoms with Crippen LogP contribution in [0.3, 0.4) is 0 Å². The van der Waals surface area contributed by atoms with Gasteiger partial charge in [-0.25, -0.2) is 19.6 Å². The number of carbonyl (C=O) groups excluding carboxylic acids is 4. The predicted molar refractivity (Wildman–Crippen MR) is 221 cm³/mol. The maximum Gasteiger partial charge on any atom is 0.407 e. The zero-order chi connectivity index (χ0) is 42.1. The summed E-state index contributed by atoms with van der Waals surface area (Å²) >= 11 is 0. The number of rotatable bonds is 10. The molecule has 3 fully saturated rings. The Morgan fingerprint density at radius 2 is 1.12 bits per heavy atom. The minimum atomic E-state index is -0.717. The maximum absolute atomic E-state index is 13.9. The Labute approximate surface area is 345 Å². The molecule has 14 heteroatoms. The number of hydrogen-bond donors (Lipinski definition) is 4.